The quantitative estimate of drug-likeness (QED) is 0.526. The van der Waals surface area contributed by atoms with Crippen molar-refractivity contribution in [1.82, 2.24) is 9.38 Å². The first-order chi connectivity index (χ1) is 10.8. The van der Waals surface area contributed by atoms with Gasteiger partial charge in [0, 0.05) is 10.9 Å². The number of hydrogen-bond donors (Lipinski definition) is 0. The fourth-order valence-corrected chi connectivity index (χ4v) is 3.41. The summed E-state index contributed by atoms with van der Waals surface area (Å²) >= 11 is 1.65. The van der Waals surface area contributed by atoms with E-state index in [4.69, 9.17) is 4.74 Å². The van der Waals surface area contributed by atoms with Crippen LogP contribution in [0.3, 0.4) is 0 Å². The van der Waals surface area contributed by atoms with E-state index in [-0.39, 0.29) is 0 Å². The average Bonchev–Trinajstić information content (AvgIpc) is 3.18. The molecule has 108 valence electrons. The van der Waals surface area contributed by atoms with Crippen molar-refractivity contribution in [2.75, 3.05) is 7.11 Å². The van der Waals surface area contributed by atoms with Gasteiger partial charge in [0.2, 0.25) is 0 Å². The minimum Gasteiger partial charge on any atom is -0.464 e. The molecule has 0 saturated carbocycles. The summed E-state index contributed by atoms with van der Waals surface area (Å²) in [4.78, 5) is 16.0. The third-order valence-corrected chi connectivity index (χ3v) is 4.42. The van der Waals surface area contributed by atoms with Crippen molar-refractivity contribution < 1.29 is 9.53 Å². The molecule has 5 heteroatoms. The number of ether oxygens (including phenoxy) is 1. The lowest BCUT2D eigenvalue weighted by Crippen LogP contribution is -2.05. The molecule has 0 amide bonds. The fourth-order valence-electron chi connectivity index (χ4n) is 2.76. The molecule has 4 aromatic rings. The smallest absolute Gasteiger partial charge is 0.356 e. The fraction of sp³-hybridized carbons (Fsp3) is 0.0588. The van der Waals surface area contributed by atoms with Gasteiger partial charge in [-0.1, -0.05) is 18.2 Å². The highest BCUT2D eigenvalue weighted by Gasteiger charge is 2.16. The number of benzene rings is 1. The van der Waals surface area contributed by atoms with Gasteiger partial charge in [0.25, 0.3) is 0 Å². The number of carbonyl (C=O) groups is 1. The molecular weight excluding hydrogens is 296 g/mol. The normalized spacial score (nSPS) is 11.1. The number of nitrogens with zero attached hydrogens (tertiary/aromatic N) is 2. The summed E-state index contributed by atoms with van der Waals surface area (Å²) in [5, 5.41) is 5.31. The van der Waals surface area contributed by atoms with Crippen molar-refractivity contribution in [1.29, 1.82) is 0 Å². The van der Waals surface area contributed by atoms with Crippen molar-refractivity contribution in [3.8, 4) is 11.1 Å². The summed E-state index contributed by atoms with van der Waals surface area (Å²) in [5.41, 5.74) is 4.60. The number of hydrogen-bond acceptors (Lipinski definition) is 4. The van der Waals surface area contributed by atoms with Crippen molar-refractivity contribution >= 4 is 33.7 Å². The molecule has 4 nitrogen and oxygen atoms in total. The Kier molecular flexibility index (Phi) is 2.94. The largest absolute Gasteiger partial charge is 0.464 e. The Hall–Kier alpha value is -2.66. The molecule has 22 heavy (non-hydrogen) atoms. The molecule has 3 heterocycles. The predicted molar refractivity (Wildman–Crippen MR) is 87.4 cm³/mol. The third-order valence-electron chi connectivity index (χ3n) is 3.74. The summed E-state index contributed by atoms with van der Waals surface area (Å²) in [7, 11) is 1.36. The number of aromatic nitrogens is 2. The van der Waals surface area contributed by atoms with Crippen molar-refractivity contribution in [3.63, 3.8) is 0 Å². The third kappa shape index (κ3) is 1.83. The Labute approximate surface area is 130 Å². The number of thiophene rings is 1. The highest BCUT2D eigenvalue weighted by molar-refractivity contribution is 7.08. The maximum Gasteiger partial charge on any atom is 0.356 e. The SMILES string of the molecule is COC(=O)c1cc2c(-c3ccsc3)c3ccccc3n2cn1. The number of carbonyl (C=O) groups excluding carboxylic acids is 1. The second kappa shape index (κ2) is 4.96. The summed E-state index contributed by atoms with van der Waals surface area (Å²) < 4.78 is 6.79. The lowest BCUT2D eigenvalue weighted by Gasteiger charge is -2.02. The highest BCUT2D eigenvalue weighted by atomic mass is 32.1. The van der Waals surface area contributed by atoms with Crippen LogP contribution in [0.15, 0.2) is 53.5 Å². The Morgan fingerprint density at radius 3 is 2.86 bits per heavy atom. The van der Waals surface area contributed by atoms with Gasteiger partial charge in [0.15, 0.2) is 5.69 Å². The molecule has 0 saturated heterocycles. The van der Waals surface area contributed by atoms with Crippen LogP contribution in [0.25, 0.3) is 27.5 Å². The molecule has 0 radical (unpaired) electrons. The van der Waals surface area contributed by atoms with E-state index in [2.05, 4.69) is 33.9 Å². The molecule has 0 fully saturated rings. The van der Waals surface area contributed by atoms with E-state index in [0.29, 0.717) is 5.69 Å². The minimum atomic E-state index is -0.427. The summed E-state index contributed by atoms with van der Waals surface area (Å²) in [6.07, 6.45) is 1.68. The van der Waals surface area contributed by atoms with Gasteiger partial charge in [-0.2, -0.15) is 11.3 Å². The van der Waals surface area contributed by atoms with Crippen molar-refractivity contribution in [3.05, 3.63) is 59.2 Å². The van der Waals surface area contributed by atoms with Gasteiger partial charge in [-0.3, -0.25) is 4.40 Å². The van der Waals surface area contributed by atoms with E-state index in [1.165, 1.54) is 7.11 Å². The van der Waals surface area contributed by atoms with E-state index in [9.17, 15) is 4.79 Å². The van der Waals surface area contributed by atoms with Crippen molar-refractivity contribution in [2.45, 2.75) is 0 Å². The Morgan fingerprint density at radius 2 is 2.09 bits per heavy atom. The summed E-state index contributed by atoms with van der Waals surface area (Å²) in [6.45, 7) is 0. The van der Waals surface area contributed by atoms with Crippen LogP contribution in [-0.4, -0.2) is 22.5 Å². The lowest BCUT2D eigenvalue weighted by molar-refractivity contribution is 0.0594. The Morgan fingerprint density at radius 1 is 1.23 bits per heavy atom. The molecular formula is C17H12N2O2S. The number of methoxy groups -OCH3 is 1. The van der Waals surface area contributed by atoms with Gasteiger partial charge in [-0.25, -0.2) is 9.78 Å². The lowest BCUT2D eigenvalue weighted by atomic mass is 10.1. The first-order valence-corrected chi connectivity index (χ1v) is 7.73. The van der Waals surface area contributed by atoms with Crippen LogP contribution in [0.5, 0.6) is 0 Å². The van der Waals surface area contributed by atoms with E-state index in [0.717, 1.165) is 27.5 Å². The molecule has 0 atom stereocenters. The van der Waals surface area contributed by atoms with E-state index >= 15 is 0 Å². The maximum absolute atomic E-state index is 11.8. The van der Waals surface area contributed by atoms with Gasteiger partial charge >= 0.3 is 5.97 Å². The molecule has 0 unspecified atom stereocenters. The molecule has 3 aromatic heterocycles. The molecule has 0 N–H and O–H groups in total. The van der Waals surface area contributed by atoms with E-state index < -0.39 is 5.97 Å². The molecule has 1 aromatic carbocycles. The van der Waals surface area contributed by atoms with Crippen LogP contribution in [0.2, 0.25) is 0 Å². The van der Waals surface area contributed by atoms with Crippen LogP contribution < -0.4 is 0 Å². The monoisotopic (exact) mass is 308 g/mol. The van der Waals surface area contributed by atoms with Gasteiger partial charge in [0.05, 0.1) is 18.1 Å². The minimum absolute atomic E-state index is 0.314. The van der Waals surface area contributed by atoms with Crippen LogP contribution in [0.4, 0.5) is 0 Å². The second-order valence-corrected chi connectivity index (χ2v) is 5.71. The van der Waals surface area contributed by atoms with Gasteiger partial charge in [-0.05, 0) is 34.5 Å². The summed E-state index contributed by atoms with van der Waals surface area (Å²) in [5.74, 6) is -0.427. The van der Waals surface area contributed by atoms with Gasteiger partial charge in [0.1, 0.15) is 6.33 Å². The zero-order chi connectivity index (χ0) is 15.1. The number of esters is 1. The average molecular weight is 308 g/mol. The molecule has 4 rings (SSSR count). The van der Waals surface area contributed by atoms with Crippen LogP contribution in [0, 0.1) is 0 Å². The number of fused-ring (bicyclic) bond motifs is 3. The highest BCUT2D eigenvalue weighted by Crippen LogP contribution is 2.36. The van der Waals surface area contributed by atoms with Crippen LogP contribution in [0.1, 0.15) is 10.5 Å². The topological polar surface area (TPSA) is 43.6 Å². The van der Waals surface area contributed by atoms with E-state index in [1.54, 1.807) is 23.7 Å². The predicted octanol–water partition coefficient (Wildman–Crippen LogP) is 4.00. The molecule has 0 aliphatic carbocycles. The van der Waals surface area contributed by atoms with Crippen LogP contribution >= 0.6 is 11.3 Å². The van der Waals surface area contributed by atoms with Gasteiger partial charge < -0.3 is 4.74 Å². The standard InChI is InChI=1S/C17H12N2O2S/c1-21-17(20)13-8-15-16(11-6-7-22-9-11)12-4-2-3-5-14(12)19(15)10-18-13/h2-10H,1H3. The molecule has 0 spiro atoms. The molecule has 0 aliphatic heterocycles. The zero-order valence-corrected chi connectivity index (χ0v) is 12.6. The van der Waals surface area contributed by atoms with Crippen molar-refractivity contribution in [2.24, 2.45) is 0 Å². The zero-order valence-electron chi connectivity index (χ0n) is 11.8. The first kappa shape index (κ1) is 13.0. The number of rotatable bonds is 2. The maximum atomic E-state index is 11.8. The Bertz CT molecular complexity index is 987. The number of para-hydroxylation sites is 1. The first-order valence-electron chi connectivity index (χ1n) is 6.79. The Balaban J connectivity index is 2.14. The molecule has 0 bridgehead atoms. The van der Waals surface area contributed by atoms with E-state index in [1.807, 2.05) is 16.5 Å². The van der Waals surface area contributed by atoms with Gasteiger partial charge in [-0.15, -0.1) is 0 Å². The molecule has 0 aliphatic rings. The van der Waals surface area contributed by atoms with Crippen LogP contribution in [-0.2, 0) is 4.74 Å². The second-order valence-electron chi connectivity index (χ2n) is 4.93. The summed E-state index contributed by atoms with van der Waals surface area (Å²) in [6, 6.07) is 12.0.